The molecule has 1 aromatic rings. The second-order valence-electron chi connectivity index (χ2n) is 5.44. The van der Waals surface area contributed by atoms with Crippen LogP contribution in [0.15, 0.2) is 29.3 Å². The standard InChI is InChI=1S/C16H23F2N3O2/c1-19-16(20-10-14-4-3-9-22-14)21(2)11-12-5-7-13(8-6-12)23-15(17)18/h5-8,14-15H,3-4,9-11H2,1-2H3,(H,19,20). The van der Waals surface area contributed by atoms with Crippen molar-refractivity contribution in [3.63, 3.8) is 0 Å². The van der Waals surface area contributed by atoms with Gasteiger partial charge in [0.05, 0.1) is 6.10 Å². The third kappa shape index (κ3) is 5.67. The number of guanidine groups is 1. The maximum absolute atomic E-state index is 12.1. The monoisotopic (exact) mass is 327 g/mol. The molecule has 2 rings (SSSR count). The van der Waals surface area contributed by atoms with Crippen LogP contribution in [-0.4, -0.2) is 50.8 Å². The minimum atomic E-state index is -2.80. The average molecular weight is 327 g/mol. The van der Waals surface area contributed by atoms with Gasteiger partial charge in [0.1, 0.15) is 5.75 Å². The normalized spacial score (nSPS) is 18.3. The van der Waals surface area contributed by atoms with Crippen molar-refractivity contribution in [3.8, 4) is 5.75 Å². The van der Waals surface area contributed by atoms with Gasteiger partial charge in [-0.3, -0.25) is 4.99 Å². The van der Waals surface area contributed by atoms with E-state index < -0.39 is 6.61 Å². The number of hydrogen-bond donors (Lipinski definition) is 1. The highest BCUT2D eigenvalue weighted by atomic mass is 19.3. The van der Waals surface area contributed by atoms with Crippen LogP contribution in [0.2, 0.25) is 0 Å². The molecule has 7 heteroatoms. The molecule has 0 aliphatic carbocycles. The lowest BCUT2D eigenvalue weighted by molar-refractivity contribution is -0.0498. The number of aliphatic imine (C=N–C) groups is 1. The Morgan fingerprint density at radius 3 is 2.74 bits per heavy atom. The molecule has 0 bridgehead atoms. The molecule has 0 amide bonds. The largest absolute Gasteiger partial charge is 0.435 e. The van der Waals surface area contributed by atoms with Gasteiger partial charge < -0.3 is 19.7 Å². The highest BCUT2D eigenvalue weighted by Gasteiger charge is 2.16. The van der Waals surface area contributed by atoms with Crippen molar-refractivity contribution in [2.45, 2.75) is 32.1 Å². The van der Waals surface area contributed by atoms with Crippen LogP contribution in [0.3, 0.4) is 0 Å². The predicted molar refractivity (Wildman–Crippen MR) is 84.9 cm³/mol. The first-order valence-corrected chi connectivity index (χ1v) is 7.65. The molecule has 1 saturated heterocycles. The summed E-state index contributed by atoms with van der Waals surface area (Å²) in [6.07, 6.45) is 2.42. The Labute approximate surface area is 135 Å². The van der Waals surface area contributed by atoms with E-state index in [2.05, 4.69) is 15.0 Å². The third-order valence-electron chi connectivity index (χ3n) is 3.65. The van der Waals surface area contributed by atoms with Crippen molar-refractivity contribution in [2.24, 2.45) is 4.99 Å². The second-order valence-corrected chi connectivity index (χ2v) is 5.44. The number of hydrogen-bond acceptors (Lipinski definition) is 3. The molecule has 0 radical (unpaired) electrons. The van der Waals surface area contributed by atoms with E-state index in [4.69, 9.17) is 4.74 Å². The molecule has 1 atom stereocenters. The van der Waals surface area contributed by atoms with Crippen LogP contribution in [-0.2, 0) is 11.3 Å². The van der Waals surface area contributed by atoms with E-state index in [1.807, 2.05) is 11.9 Å². The zero-order chi connectivity index (χ0) is 16.7. The Morgan fingerprint density at radius 2 is 2.17 bits per heavy atom. The first kappa shape index (κ1) is 17.5. The summed E-state index contributed by atoms with van der Waals surface area (Å²) < 4.78 is 34.2. The predicted octanol–water partition coefficient (Wildman–Crippen LogP) is 2.47. The molecule has 1 unspecified atom stereocenters. The molecular weight excluding hydrogens is 304 g/mol. The van der Waals surface area contributed by atoms with Gasteiger partial charge in [-0.05, 0) is 30.5 Å². The van der Waals surface area contributed by atoms with Crippen molar-refractivity contribution >= 4 is 5.96 Å². The van der Waals surface area contributed by atoms with E-state index in [0.29, 0.717) is 6.54 Å². The first-order valence-electron chi connectivity index (χ1n) is 7.65. The van der Waals surface area contributed by atoms with Crippen LogP contribution in [0, 0.1) is 0 Å². The number of benzene rings is 1. The third-order valence-corrected chi connectivity index (χ3v) is 3.65. The van der Waals surface area contributed by atoms with Crippen molar-refractivity contribution in [1.29, 1.82) is 0 Å². The van der Waals surface area contributed by atoms with E-state index in [9.17, 15) is 8.78 Å². The van der Waals surface area contributed by atoms with Crippen molar-refractivity contribution in [3.05, 3.63) is 29.8 Å². The summed E-state index contributed by atoms with van der Waals surface area (Å²) in [5, 5.41) is 3.30. The van der Waals surface area contributed by atoms with Crippen LogP contribution in [0.5, 0.6) is 5.75 Å². The number of alkyl halides is 2. The maximum Gasteiger partial charge on any atom is 0.387 e. The molecule has 23 heavy (non-hydrogen) atoms. The molecule has 0 spiro atoms. The quantitative estimate of drug-likeness (QED) is 0.644. The van der Waals surface area contributed by atoms with Gasteiger partial charge >= 0.3 is 6.61 Å². The Morgan fingerprint density at radius 1 is 1.43 bits per heavy atom. The first-order chi connectivity index (χ1) is 11.1. The number of halogens is 2. The highest BCUT2D eigenvalue weighted by molar-refractivity contribution is 5.79. The summed E-state index contributed by atoms with van der Waals surface area (Å²) in [6, 6.07) is 6.61. The summed E-state index contributed by atoms with van der Waals surface area (Å²) in [7, 11) is 3.66. The van der Waals surface area contributed by atoms with Crippen molar-refractivity contribution < 1.29 is 18.3 Å². The summed E-state index contributed by atoms with van der Waals surface area (Å²) in [6.45, 7) is -0.629. The van der Waals surface area contributed by atoms with Gasteiger partial charge in [-0.2, -0.15) is 8.78 Å². The van der Waals surface area contributed by atoms with Gasteiger partial charge in [0.25, 0.3) is 0 Å². The number of ether oxygens (including phenoxy) is 2. The lowest BCUT2D eigenvalue weighted by Crippen LogP contribution is -2.41. The molecule has 5 nitrogen and oxygen atoms in total. The highest BCUT2D eigenvalue weighted by Crippen LogP contribution is 2.16. The summed E-state index contributed by atoms with van der Waals surface area (Å²) in [5.41, 5.74) is 0.981. The average Bonchev–Trinajstić information content (AvgIpc) is 3.03. The van der Waals surface area contributed by atoms with Crippen LogP contribution in [0.4, 0.5) is 8.78 Å². The van der Waals surface area contributed by atoms with E-state index in [1.54, 1.807) is 19.2 Å². The topological polar surface area (TPSA) is 46.1 Å². The molecule has 1 heterocycles. The fourth-order valence-electron chi connectivity index (χ4n) is 2.52. The summed E-state index contributed by atoms with van der Waals surface area (Å²) >= 11 is 0. The molecule has 0 aromatic heterocycles. The Hall–Kier alpha value is -1.89. The molecule has 128 valence electrons. The van der Waals surface area contributed by atoms with Gasteiger partial charge in [-0.25, -0.2) is 0 Å². The van der Waals surface area contributed by atoms with E-state index >= 15 is 0 Å². The van der Waals surface area contributed by atoms with Crippen molar-refractivity contribution in [2.75, 3.05) is 27.2 Å². The smallest absolute Gasteiger partial charge is 0.387 e. The lowest BCUT2D eigenvalue weighted by atomic mass is 10.2. The molecule has 1 aliphatic rings. The summed E-state index contributed by atoms with van der Waals surface area (Å²) in [5.74, 6) is 0.931. The number of rotatable bonds is 6. The zero-order valence-corrected chi connectivity index (χ0v) is 13.5. The molecule has 1 aliphatic heterocycles. The minimum absolute atomic E-state index is 0.160. The van der Waals surface area contributed by atoms with Gasteiger partial charge in [0, 0.05) is 33.8 Å². The van der Waals surface area contributed by atoms with Gasteiger partial charge in [0.15, 0.2) is 5.96 Å². The molecular formula is C16H23F2N3O2. The fraction of sp³-hybridized carbons (Fsp3) is 0.562. The van der Waals surface area contributed by atoms with Crippen LogP contribution in [0.25, 0.3) is 0 Å². The van der Waals surface area contributed by atoms with Crippen LogP contribution < -0.4 is 10.1 Å². The molecule has 1 aromatic carbocycles. The zero-order valence-electron chi connectivity index (χ0n) is 13.5. The van der Waals surface area contributed by atoms with E-state index in [1.165, 1.54) is 12.1 Å². The van der Waals surface area contributed by atoms with E-state index in [0.717, 1.165) is 37.5 Å². The van der Waals surface area contributed by atoms with Crippen LogP contribution in [0.1, 0.15) is 18.4 Å². The summed E-state index contributed by atoms with van der Waals surface area (Å²) in [4.78, 5) is 6.22. The maximum atomic E-state index is 12.1. The second kappa shape index (κ2) is 8.67. The Balaban J connectivity index is 1.84. The Kier molecular flexibility index (Phi) is 6.58. The lowest BCUT2D eigenvalue weighted by Gasteiger charge is -2.23. The van der Waals surface area contributed by atoms with Crippen molar-refractivity contribution in [1.82, 2.24) is 10.2 Å². The number of nitrogens with zero attached hydrogens (tertiary/aromatic N) is 2. The molecule has 1 fully saturated rings. The van der Waals surface area contributed by atoms with E-state index in [-0.39, 0.29) is 11.9 Å². The Bertz CT molecular complexity index is 503. The number of nitrogens with one attached hydrogen (secondary N) is 1. The van der Waals surface area contributed by atoms with Gasteiger partial charge in [-0.15, -0.1) is 0 Å². The SMILES string of the molecule is CN=C(NCC1CCCO1)N(C)Cc1ccc(OC(F)F)cc1. The molecule has 0 saturated carbocycles. The van der Waals surface area contributed by atoms with Crippen LogP contribution >= 0.6 is 0 Å². The molecule has 1 N–H and O–H groups in total. The minimum Gasteiger partial charge on any atom is -0.435 e. The van der Waals surface area contributed by atoms with Gasteiger partial charge in [-0.1, -0.05) is 12.1 Å². The van der Waals surface area contributed by atoms with Gasteiger partial charge in [0.2, 0.25) is 0 Å². The fourth-order valence-corrected chi connectivity index (χ4v) is 2.52.